The average Bonchev–Trinajstić information content (AvgIpc) is 2.47. The second kappa shape index (κ2) is 6.77. The van der Waals surface area contributed by atoms with Crippen LogP contribution in [-0.4, -0.2) is 42.5 Å². The van der Waals surface area contributed by atoms with E-state index in [1.165, 1.54) is 12.1 Å². The van der Waals surface area contributed by atoms with E-state index in [2.05, 4.69) is 0 Å². The van der Waals surface area contributed by atoms with Gasteiger partial charge in [0.2, 0.25) is 0 Å². The van der Waals surface area contributed by atoms with Crippen molar-refractivity contribution in [3.63, 3.8) is 0 Å². The molecule has 1 atom stereocenters. The van der Waals surface area contributed by atoms with Gasteiger partial charge in [-0.1, -0.05) is 6.92 Å². The lowest BCUT2D eigenvalue weighted by Crippen LogP contribution is -2.47. The van der Waals surface area contributed by atoms with Gasteiger partial charge < -0.3 is 0 Å². The third-order valence-electron chi connectivity index (χ3n) is 3.48. The largest absolute Gasteiger partial charge is 0.281 e. The van der Waals surface area contributed by atoms with Crippen molar-refractivity contribution >= 4 is 21.6 Å². The van der Waals surface area contributed by atoms with Crippen molar-refractivity contribution in [1.82, 2.24) is 4.90 Å². The van der Waals surface area contributed by atoms with Gasteiger partial charge in [0.05, 0.1) is 11.6 Å². The van der Waals surface area contributed by atoms with Crippen molar-refractivity contribution in [3.05, 3.63) is 35.1 Å². The summed E-state index contributed by atoms with van der Waals surface area (Å²) in [4.78, 5) is 1.87. The van der Waals surface area contributed by atoms with Gasteiger partial charge in [-0.25, -0.2) is 12.8 Å². The van der Waals surface area contributed by atoms with E-state index in [1.807, 2.05) is 11.0 Å². The van der Waals surface area contributed by atoms with Crippen LogP contribution >= 0.6 is 11.8 Å². The number of halogens is 1. The van der Waals surface area contributed by atoms with Gasteiger partial charge in [-0.2, -0.15) is 17.0 Å². The lowest BCUT2D eigenvalue weighted by atomic mass is 10.1. The van der Waals surface area contributed by atoms with Crippen LogP contribution in [0.25, 0.3) is 0 Å². The number of hydrogen-bond donors (Lipinski definition) is 0. The molecule has 21 heavy (non-hydrogen) atoms. The second-order valence-corrected chi connectivity index (χ2v) is 8.51. The molecule has 1 heterocycles. The molecule has 0 bridgehead atoms. The fraction of sp³-hybridized carbons (Fsp3) is 0.500. The van der Waals surface area contributed by atoms with Gasteiger partial charge in [-0.3, -0.25) is 4.90 Å². The molecule has 0 amide bonds. The first-order chi connectivity index (χ1) is 9.96. The molecule has 0 spiro atoms. The fourth-order valence-corrected chi connectivity index (χ4v) is 5.44. The molecule has 1 aliphatic heterocycles. The minimum atomic E-state index is -3.17. The van der Waals surface area contributed by atoms with Gasteiger partial charge >= 0.3 is 0 Å². The number of hydrogen-bond acceptors (Lipinski definition) is 5. The van der Waals surface area contributed by atoms with Gasteiger partial charge in [0, 0.05) is 30.3 Å². The molecule has 7 heteroatoms. The Kier molecular flexibility index (Phi) is 5.25. The topological polar surface area (TPSA) is 61.2 Å². The van der Waals surface area contributed by atoms with Gasteiger partial charge in [0.1, 0.15) is 11.2 Å². The third-order valence-corrected chi connectivity index (χ3v) is 6.81. The van der Waals surface area contributed by atoms with Gasteiger partial charge in [0.25, 0.3) is 0 Å². The summed E-state index contributed by atoms with van der Waals surface area (Å²) >= 11 is 1.62. The maximum Gasteiger partial charge on any atom is 0.166 e. The fourth-order valence-electron chi connectivity index (χ4n) is 2.36. The van der Waals surface area contributed by atoms with Crippen molar-refractivity contribution in [1.29, 1.82) is 5.26 Å². The predicted octanol–water partition coefficient (Wildman–Crippen LogP) is 2.01. The van der Waals surface area contributed by atoms with E-state index in [1.54, 1.807) is 24.8 Å². The summed E-state index contributed by atoms with van der Waals surface area (Å²) in [5.74, 6) is 1.03. The van der Waals surface area contributed by atoms with E-state index in [-0.39, 0.29) is 11.3 Å². The molecule has 1 unspecified atom stereocenters. The van der Waals surface area contributed by atoms with E-state index < -0.39 is 21.0 Å². The number of nitriles is 1. The van der Waals surface area contributed by atoms with Crippen molar-refractivity contribution in [2.75, 3.05) is 23.8 Å². The van der Waals surface area contributed by atoms with Crippen molar-refractivity contribution in [3.8, 4) is 6.07 Å². The van der Waals surface area contributed by atoms with E-state index in [0.29, 0.717) is 24.4 Å². The Morgan fingerprint density at radius 1 is 1.48 bits per heavy atom. The Morgan fingerprint density at radius 2 is 2.24 bits per heavy atom. The van der Waals surface area contributed by atoms with E-state index in [4.69, 9.17) is 5.26 Å². The summed E-state index contributed by atoms with van der Waals surface area (Å²) in [5.41, 5.74) is 0.890. The van der Waals surface area contributed by atoms with E-state index in [0.717, 1.165) is 5.75 Å². The summed E-state index contributed by atoms with van der Waals surface area (Å²) in [6.07, 6.45) is 0. The molecule has 4 nitrogen and oxygen atoms in total. The molecular weight excluding hydrogens is 311 g/mol. The highest BCUT2D eigenvalue weighted by Gasteiger charge is 2.32. The highest BCUT2D eigenvalue weighted by molar-refractivity contribution is 8.01. The molecule has 1 aromatic rings. The number of nitrogens with zero attached hydrogens (tertiary/aromatic N) is 2. The summed E-state index contributed by atoms with van der Waals surface area (Å²) in [7, 11) is -3.17. The van der Waals surface area contributed by atoms with Gasteiger partial charge in [0.15, 0.2) is 9.84 Å². The van der Waals surface area contributed by atoms with Crippen molar-refractivity contribution in [2.45, 2.75) is 18.8 Å². The molecule has 0 aliphatic carbocycles. The maximum absolute atomic E-state index is 13.5. The lowest BCUT2D eigenvalue weighted by molar-refractivity contribution is 0.261. The third kappa shape index (κ3) is 3.96. The smallest absolute Gasteiger partial charge is 0.166 e. The Balaban J connectivity index is 2.24. The molecule has 1 aliphatic rings. The van der Waals surface area contributed by atoms with Crippen LogP contribution in [0.5, 0.6) is 0 Å². The molecule has 1 fully saturated rings. The zero-order valence-corrected chi connectivity index (χ0v) is 13.4. The Labute approximate surface area is 128 Å². The Bertz CT molecular complexity index is 655. The van der Waals surface area contributed by atoms with Crippen LogP contribution in [0.3, 0.4) is 0 Å². The van der Waals surface area contributed by atoms with Crippen LogP contribution in [0.2, 0.25) is 0 Å². The lowest BCUT2D eigenvalue weighted by Gasteiger charge is -2.34. The maximum atomic E-state index is 13.5. The highest BCUT2D eigenvalue weighted by atomic mass is 32.2. The average molecular weight is 328 g/mol. The van der Waals surface area contributed by atoms with E-state index >= 15 is 0 Å². The first-order valence-electron chi connectivity index (χ1n) is 6.69. The van der Waals surface area contributed by atoms with Gasteiger partial charge in [-0.05, 0) is 23.8 Å². The van der Waals surface area contributed by atoms with Crippen LogP contribution < -0.4 is 0 Å². The van der Waals surface area contributed by atoms with Crippen LogP contribution in [0.4, 0.5) is 4.39 Å². The quantitative estimate of drug-likeness (QED) is 0.846. The zero-order chi connectivity index (χ0) is 15.5. The summed E-state index contributed by atoms with van der Waals surface area (Å²) in [6.45, 7) is 2.63. The molecule has 2 rings (SSSR count). The number of rotatable bonds is 4. The second-order valence-electron chi connectivity index (χ2n) is 4.91. The summed E-state index contributed by atoms with van der Waals surface area (Å²) in [5, 5.41) is 8.35. The SMILES string of the molecule is CCS(=O)(=O)C1CSCCN1Cc1cc(F)cc(C#N)c1. The number of sulfone groups is 1. The Morgan fingerprint density at radius 3 is 2.90 bits per heavy atom. The van der Waals surface area contributed by atoms with Crippen LogP contribution in [0.1, 0.15) is 18.1 Å². The van der Waals surface area contributed by atoms with Crippen molar-refractivity contribution in [2.24, 2.45) is 0 Å². The van der Waals surface area contributed by atoms with Crippen molar-refractivity contribution < 1.29 is 12.8 Å². The standard InChI is InChI=1S/C14H17FN2O2S2/c1-2-21(18,19)14-10-20-4-3-17(14)9-12-5-11(8-16)6-13(15)7-12/h5-7,14H,2-4,9-10H2,1H3. The molecule has 0 N–H and O–H groups in total. The molecule has 1 aromatic carbocycles. The molecule has 114 valence electrons. The molecule has 0 saturated carbocycles. The minimum Gasteiger partial charge on any atom is -0.281 e. The molecule has 0 aromatic heterocycles. The number of benzene rings is 1. The summed E-state index contributed by atoms with van der Waals surface area (Å²) < 4.78 is 37.8. The minimum absolute atomic E-state index is 0.0985. The molecule has 0 radical (unpaired) electrons. The number of thioether (sulfide) groups is 1. The predicted molar refractivity (Wildman–Crippen MR) is 82.1 cm³/mol. The summed E-state index contributed by atoms with van der Waals surface area (Å²) in [6, 6.07) is 6.06. The molecule has 1 saturated heterocycles. The van der Waals surface area contributed by atoms with E-state index in [9.17, 15) is 12.8 Å². The monoisotopic (exact) mass is 328 g/mol. The highest BCUT2D eigenvalue weighted by Crippen LogP contribution is 2.24. The van der Waals surface area contributed by atoms with Crippen LogP contribution in [0.15, 0.2) is 18.2 Å². The zero-order valence-electron chi connectivity index (χ0n) is 11.8. The Hall–Kier alpha value is -1.10. The van der Waals surface area contributed by atoms with Crippen LogP contribution in [0, 0.1) is 17.1 Å². The van der Waals surface area contributed by atoms with Gasteiger partial charge in [-0.15, -0.1) is 0 Å². The van der Waals surface area contributed by atoms with Crippen LogP contribution in [-0.2, 0) is 16.4 Å². The molecular formula is C14H17FN2O2S2. The normalized spacial score (nSPS) is 20.1. The first kappa shape index (κ1) is 16.3. The first-order valence-corrected chi connectivity index (χ1v) is 9.56.